The van der Waals surface area contributed by atoms with Crippen LogP contribution in [0.5, 0.6) is 0 Å². The van der Waals surface area contributed by atoms with Crippen molar-refractivity contribution < 1.29 is 14.7 Å². The minimum atomic E-state index is -0.965. The number of halogens is 2. The zero-order valence-electron chi connectivity index (χ0n) is 9.80. The van der Waals surface area contributed by atoms with E-state index in [0.717, 1.165) is 5.56 Å². The molecule has 2 N–H and O–H groups in total. The van der Waals surface area contributed by atoms with E-state index in [1.54, 1.807) is 0 Å². The molecule has 1 rings (SSSR count). The summed E-state index contributed by atoms with van der Waals surface area (Å²) in [7, 11) is 0. The Kier molecular flexibility index (Phi) is 5.44. The van der Waals surface area contributed by atoms with E-state index in [0.29, 0.717) is 22.0 Å². The van der Waals surface area contributed by atoms with Crippen molar-refractivity contribution in [1.29, 1.82) is 0 Å². The monoisotopic (exact) mass is 289 g/mol. The van der Waals surface area contributed by atoms with Gasteiger partial charge in [0.2, 0.25) is 0 Å². The Balaban J connectivity index is 2.78. The Bertz CT molecular complexity index is 451. The molecule has 0 saturated carbocycles. The molecule has 4 nitrogen and oxygen atoms in total. The summed E-state index contributed by atoms with van der Waals surface area (Å²) in [6.45, 7) is 1.98. The summed E-state index contributed by atoms with van der Waals surface area (Å²) in [5, 5.41) is 11.8. The third kappa shape index (κ3) is 3.89. The van der Waals surface area contributed by atoms with Crippen molar-refractivity contribution >= 4 is 35.1 Å². The molecular formula is C12H13Cl2NO3. The van der Waals surface area contributed by atoms with E-state index in [4.69, 9.17) is 28.3 Å². The standard InChI is InChI=1S/C12H13Cl2NO3/c1-2-8-9(13)5-7(6-10(8)14)12(18)15-4-3-11(16)17/h5-6H,2-4H2,1H3,(H,15,18)(H,16,17). The van der Waals surface area contributed by atoms with Crippen LogP contribution in [0.25, 0.3) is 0 Å². The topological polar surface area (TPSA) is 66.4 Å². The Hall–Kier alpha value is -1.26. The van der Waals surface area contributed by atoms with Gasteiger partial charge in [0.1, 0.15) is 0 Å². The van der Waals surface area contributed by atoms with E-state index < -0.39 is 5.97 Å². The number of carbonyl (C=O) groups excluding carboxylic acids is 1. The molecule has 0 radical (unpaired) electrons. The zero-order chi connectivity index (χ0) is 13.7. The van der Waals surface area contributed by atoms with Gasteiger partial charge >= 0.3 is 5.97 Å². The number of benzene rings is 1. The summed E-state index contributed by atoms with van der Waals surface area (Å²) < 4.78 is 0. The SMILES string of the molecule is CCc1c(Cl)cc(C(=O)NCCC(=O)O)cc1Cl. The highest BCUT2D eigenvalue weighted by atomic mass is 35.5. The fourth-order valence-corrected chi connectivity index (χ4v) is 2.21. The first kappa shape index (κ1) is 14.8. The molecule has 0 aromatic heterocycles. The Labute approximate surface area is 115 Å². The highest BCUT2D eigenvalue weighted by molar-refractivity contribution is 6.36. The second-order valence-corrected chi connectivity index (χ2v) is 4.49. The van der Waals surface area contributed by atoms with Crippen LogP contribution in [0.1, 0.15) is 29.3 Å². The minimum Gasteiger partial charge on any atom is -0.481 e. The number of rotatable bonds is 5. The fourth-order valence-electron chi connectivity index (χ4n) is 1.46. The van der Waals surface area contributed by atoms with Crippen LogP contribution in [0.2, 0.25) is 10.0 Å². The van der Waals surface area contributed by atoms with Gasteiger partial charge < -0.3 is 10.4 Å². The Morgan fingerprint density at radius 1 is 1.28 bits per heavy atom. The van der Waals surface area contributed by atoms with Gasteiger partial charge in [0.15, 0.2) is 0 Å². The largest absolute Gasteiger partial charge is 0.481 e. The molecule has 98 valence electrons. The Morgan fingerprint density at radius 3 is 2.28 bits per heavy atom. The molecule has 0 aliphatic carbocycles. The number of carboxylic acid groups (broad SMARTS) is 1. The Morgan fingerprint density at radius 2 is 1.83 bits per heavy atom. The summed E-state index contributed by atoms with van der Waals surface area (Å²) in [5.41, 5.74) is 1.12. The van der Waals surface area contributed by atoms with Crippen LogP contribution in [-0.4, -0.2) is 23.5 Å². The minimum absolute atomic E-state index is 0.0684. The lowest BCUT2D eigenvalue weighted by Crippen LogP contribution is -2.26. The first-order valence-corrected chi connectivity index (χ1v) is 6.19. The van der Waals surface area contributed by atoms with Gasteiger partial charge in [0.25, 0.3) is 5.91 Å². The van der Waals surface area contributed by atoms with Crippen LogP contribution >= 0.6 is 23.2 Å². The normalized spacial score (nSPS) is 10.2. The van der Waals surface area contributed by atoms with E-state index in [-0.39, 0.29) is 18.9 Å². The molecule has 1 aromatic carbocycles. The molecular weight excluding hydrogens is 277 g/mol. The number of carbonyl (C=O) groups is 2. The molecule has 1 aromatic rings. The average Bonchev–Trinajstić information content (AvgIpc) is 2.27. The lowest BCUT2D eigenvalue weighted by molar-refractivity contribution is -0.136. The van der Waals surface area contributed by atoms with Crippen molar-refractivity contribution in [3.05, 3.63) is 33.3 Å². The first-order valence-electron chi connectivity index (χ1n) is 5.43. The molecule has 0 aliphatic heterocycles. The van der Waals surface area contributed by atoms with Gasteiger partial charge in [-0.2, -0.15) is 0 Å². The summed E-state index contributed by atoms with van der Waals surface area (Å²) >= 11 is 12.0. The zero-order valence-corrected chi connectivity index (χ0v) is 11.3. The number of amides is 1. The predicted octanol–water partition coefficient (Wildman–Crippen LogP) is 2.76. The lowest BCUT2D eigenvalue weighted by atomic mass is 10.1. The molecule has 18 heavy (non-hydrogen) atoms. The van der Waals surface area contributed by atoms with Gasteiger partial charge in [-0.1, -0.05) is 30.1 Å². The molecule has 0 unspecified atom stereocenters. The number of aliphatic carboxylic acids is 1. The van der Waals surface area contributed by atoms with Crippen molar-refractivity contribution in [3.63, 3.8) is 0 Å². The van der Waals surface area contributed by atoms with Crippen molar-refractivity contribution in [2.24, 2.45) is 0 Å². The third-order valence-electron chi connectivity index (χ3n) is 2.38. The van der Waals surface area contributed by atoms with Crippen LogP contribution in [0.3, 0.4) is 0 Å². The van der Waals surface area contributed by atoms with Gasteiger partial charge in [-0.05, 0) is 24.1 Å². The van der Waals surface area contributed by atoms with Crippen molar-refractivity contribution in [1.82, 2.24) is 5.32 Å². The van der Waals surface area contributed by atoms with E-state index in [1.807, 2.05) is 6.92 Å². The maximum absolute atomic E-state index is 11.7. The summed E-state index contributed by atoms with van der Waals surface area (Å²) in [4.78, 5) is 22.0. The number of hydrogen-bond acceptors (Lipinski definition) is 2. The molecule has 1 amide bonds. The van der Waals surface area contributed by atoms with Gasteiger partial charge in [-0.25, -0.2) is 0 Å². The van der Waals surface area contributed by atoms with Crippen molar-refractivity contribution in [3.8, 4) is 0 Å². The summed E-state index contributed by atoms with van der Waals surface area (Å²) in [6.07, 6.45) is 0.554. The average molecular weight is 290 g/mol. The number of nitrogens with one attached hydrogen (secondary N) is 1. The van der Waals surface area contributed by atoms with Crippen LogP contribution < -0.4 is 5.32 Å². The smallest absolute Gasteiger partial charge is 0.305 e. The molecule has 0 saturated heterocycles. The first-order chi connectivity index (χ1) is 8.45. The van der Waals surface area contributed by atoms with E-state index >= 15 is 0 Å². The van der Waals surface area contributed by atoms with E-state index in [1.165, 1.54) is 12.1 Å². The van der Waals surface area contributed by atoms with Gasteiger partial charge in [-0.15, -0.1) is 0 Å². The van der Waals surface area contributed by atoms with E-state index in [9.17, 15) is 9.59 Å². The van der Waals surface area contributed by atoms with Crippen LogP contribution in [0.15, 0.2) is 12.1 Å². The highest BCUT2D eigenvalue weighted by Gasteiger charge is 2.12. The van der Waals surface area contributed by atoms with Crippen LogP contribution in [-0.2, 0) is 11.2 Å². The number of carboxylic acids is 1. The third-order valence-corrected chi connectivity index (χ3v) is 3.06. The summed E-state index contributed by atoms with van der Waals surface area (Å²) in [5.74, 6) is -1.35. The maximum Gasteiger partial charge on any atom is 0.305 e. The molecule has 0 atom stereocenters. The second kappa shape index (κ2) is 6.61. The maximum atomic E-state index is 11.7. The van der Waals surface area contributed by atoms with Gasteiger partial charge in [0.05, 0.1) is 6.42 Å². The van der Waals surface area contributed by atoms with Gasteiger partial charge in [0, 0.05) is 22.2 Å². The second-order valence-electron chi connectivity index (χ2n) is 3.67. The molecule has 0 heterocycles. The molecule has 0 bridgehead atoms. The molecule has 0 spiro atoms. The van der Waals surface area contributed by atoms with Crippen LogP contribution in [0.4, 0.5) is 0 Å². The molecule has 6 heteroatoms. The lowest BCUT2D eigenvalue weighted by Gasteiger charge is -2.08. The van der Waals surface area contributed by atoms with Crippen molar-refractivity contribution in [2.45, 2.75) is 19.8 Å². The summed E-state index contributed by atoms with van der Waals surface area (Å²) in [6, 6.07) is 3.06. The van der Waals surface area contributed by atoms with Gasteiger partial charge in [-0.3, -0.25) is 9.59 Å². The quantitative estimate of drug-likeness (QED) is 0.876. The highest BCUT2D eigenvalue weighted by Crippen LogP contribution is 2.26. The van der Waals surface area contributed by atoms with Crippen LogP contribution in [0, 0.1) is 0 Å². The fraction of sp³-hybridized carbons (Fsp3) is 0.333. The molecule has 0 aliphatic rings. The predicted molar refractivity (Wildman–Crippen MR) is 70.4 cm³/mol. The van der Waals surface area contributed by atoms with E-state index in [2.05, 4.69) is 5.32 Å². The number of hydrogen-bond donors (Lipinski definition) is 2. The van der Waals surface area contributed by atoms with Crippen molar-refractivity contribution in [2.75, 3.05) is 6.54 Å². The molecule has 0 fully saturated rings.